The molecule has 1 saturated carbocycles. The molecule has 0 heterocycles. The van der Waals surface area contributed by atoms with E-state index in [1.807, 2.05) is 12.1 Å². The van der Waals surface area contributed by atoms with Crippen LogP contribution in [0.3, 0.4) is 0 Å². The third-order valence-electron chi connectivity index (χ3n) is 4.43. The number of nitriles is 1. The molecular formula is C20H27N3O. The minimum Gasteiger partial charge on any atom is -0.390 e. The highest BCUT2D eigenvalue weighted by Crippen LogP contribution is 2.17. The number of carbonyl (C=O) groups excluding carboxylic acids is 1. The summed E-state index contributed by atoms with van der Waals surface area (Å²) in [7, 11) is 0. The van der Waals surface area contributed by atoms with Crippen LogP contribution >= 0.6 is 0 Å². The second-order valence-electron chi connectivity index (χ2n) is 6.38. The van der Waals surface area contributed by atoms with Crippen LogP contribution in [0.2, 0.25) is 0 Å². The number of rotatable bonds is 8. The molecule has 0 saturated heterocycles. The van der Waals surface area contributed by atoms with Gasteiger partial charge in [0.1, 0.15) is 11.6 Å². The average Bonchev–Trinajstić information content (AvgIpc) is 2.63. The summed E-state index contributed by atoms with van der Waals surface area (Å²) in [6, 6.07) is 12.6. The molecule has 1 aromatic carbocycles. The molecular weight excluding hydrogens is 298 g/mol. The fourth-order valence-electron chi connectivity index (χ4n) is 3.03. The SMILES string of the molecule is N#C/C(=C/NCCCCc1ccccc1)C(=O)NC1CCCCC1. The number of benzene rings is 1. The molecule has 24 heavy (non-hydrogen) atoms. The standard InChI is InChI=1S/C20H27N3O/c21-15-18(20(24)23-19-12-5-2-6-13-19)16-22-14-8-7-11-17-9-3-1-4-10-17/h1,3-4,9-10,16,19,22H,2,5-8,11-14H2,(H,23,24)/b18-16-. The highest BCUT2D eigenvalue weighted by atomic mass is 16.1. The summed E-state index contributed by atoms with van der Waals surface area (Å²) < 4.78 is 0. The molecule has 0 unspecified atom stereocenters. The van der Waals surface area contributed by atoms with Gasteiger partial charge in [0, 0.05) is 18.8 Å². The number of carbonyl (C=O) groups is 1. The van der Waals surface area contributed by atoms with Crippen molar-refractivity contribution in [3.05, 3.63) is 47.7 Å². The van der Waals surface area contributed by atoms with Crippen molar-refractivity contribution in [3.8, 4) is 6.07 Å². The van der Waals surface area contributed by atoms with E-state index in [2.05, 4.69) is 34.9 Å². The zero-order valence-electron chi connectivity index (χ0n) is 14.3. The minimum absolute atomic E-state index is 0.170. The Morgan fingerprint density at radius 1 is 1.17 bits per heavy atom. The zero-order chi connectivity index (χ0) is 17.0. The molecule has 128 valence electrons. The monoisotopic (exact) mass is 325 g/mol. The Labute approximate surface area is 144 Å². The van der Waals surface area contributed by atoms with Crippen LogP contribution in [0, 0.1) is 11.3 Å². The fraction of sp³-hybridized carbons (Fsp3) is 0.500. The van der Waals surface area contributed by atoms with Gasteiger partial charge in [0.25, 0.3) is 5.91 Å². The van der Waals surface area contributed by atoms with Crippen LogP contribution < -0.4 is 10.6 Å². The van der Waals surface area contributed by atoms with E-state index in [4.69, 9.17) is 5.26 Å². The maximum absolute atomic E-state index is 12.1. The first kappa shape index (κ1) is 18.1. The Kier molecular flexibility index (Phi) is 7.89. The molecule has 1 aliphatic carbocycles. The lowest BCUT2D eigenvalue weighted by atomic mass is 9.95. The average molecular weight is 325 g/mol. The van der Waals surface area contributed by atoms with E-state index in [0.717, 1.165) is 51.5 Å². The van der Waals surface area contributed by atoms with Gasteiger partial charge in [0.2, 0.25) is 0 Å². The van der Waals surface area contributed by atoms with Gasteiger partial charge in [-0.25, -0.2) is 0 Å². The molecule has 4 nitrogen and oxygen atoms in total. The van der Waals surface area contributed by atoms with Gasteiger partial charge in [-0.15, -0.1) is 0 Å². The topological polar surface area (TPSA) is 64.9 Å². The van der Waals surface area contributed by atoms with Gasteiger partial charge in [-0.2, -0.15) is 5.26 Å². The summed E-state index contributed by atoms with van der Waals surface area (Å²) in [6.45, 7) is 0.773. The van der Waals surface area contributed by atoms with Crippen LogP contribution in [0.5, 0.6) is 0 Å². The first-order chi connectivity index (χ1) is 11.8. The highest BCUT2D eigenvalue weighted by Gasteiger charge is 2.17. The summed E-state index contributed by atoms with van der Waals surface area (Å²) in [5.74, 6) is -0.249. The van der Waals surface area contributed by atoms with E-state index in [0.29, 0.717) is 0 Å². The van der Waals surface area contributed by atoms with Crippen molar-refractivity contribution < 1.29 is 4.79 Å². The van der Waals surface area contributed by atoms with Crippen LogP contribution in [0.1, 0.15) is 50.5 Å². The molecule has 0 spiro atoms. The quantitative estimate of drug-likeness (QED) is 0.437. The number of hydrogen-bond acceptors (Lipinski definition) is 3. The molecule has 4 heteroatoms. The van der Waals surface area contributed by atoms with Gasteiger partial charge in [-0.05, 0) is 37.7 Å². The molecule has 0 radical (unpaired) electrons. The van der Waals surface area contributed by atoms with Gasteiger partial charge in [0.05, 0.1) is 0 Å². The second-order valence-corrected chi connectivity index (χ2v) is 6.38. The number of hydrogen-bond donors (Lipinski definition) is 2. The fourth-order valence-corrected chi connectivity index (χ4v) is 3.03. The predicted molar refractivity (Wildman–Crippen MR) is 96.1 cm³/mol. The van der Waals surface area contributed by atoms with Gasteiger partial charge in [-0.3, -0.25) is 4.79 Å². The van der Waals surface area contributed by atoms with Gasteiger partial charge in [0.15, 0.2) is 0 Å². The first-order valence-electron chi connectivity index (χ1n) is 8.98. The van der Waals surface area contributed by atoms with Crippen molar-refractivity contribution in [2.45, 2.75) is 57.4 Å². The number of nitrogens with one attached hydrogen (secondary N) is 2. The number of nitrogens with zero attached hydrogens (tertiary/aromatic N) is 1. The molecule has 2 N–H and O–H groups in total. The maximum atomic E-state index is 12.1. The molecule has 0 aromatic heterocycles. The summed E-state index contributed by atoms with van der Waals surface area (Å²) in [6.07, 6.45) is 10.3. The lowest BCUT2D eigenvalue weighted by Gasteiger charge is -2.22. The number of unbranched alkanes of at least 4 members (excludes halogenated alkanes) is 1. The third-order valence-corrected chi connectivity index (χ3v) is 4.43. The first-order valence-corrected chi connectivity index (χ1v) is 8.98. The minimum atomic E-state index is -0.249. The summed E-state index contributed by atoms with van der Waals surface area (Å²) in [4.78, 5) is 12.1. The second kappa shape index (κ2) is 10.5. The van der Waals surface area contributed by atoms with E-state index < -0.39 is 0 Å². The van der Waals surface area contributed by atoms with E-state index in [1.54, 1.807) is 6.20 Å². The van der Waals surface area contributed by atoms with E-state index in [-0.39, 0.29) is 17.5 Å². The normalized spacial score (nSPS) is 15.5. The van der Waals surface area contributed by atoms with Gasteiger partial charge < -0.3 is 10.6 Å². The smallest absolute Gasteiger partial charge is 0.263 e. The molecule has 0 bridgehead atoms. The third kappa shape index (κ3) is 6.45. The summed E-state index contributed by atoms with van der Waals surface area (Å²) in [5, 5.41) is 15.2. The Morgan fingerprint density at radius 2 is 1.92 bits per heavy atom. The molecule has 1 amide bonds. The number of amides is 1. The predicted octanol–water partition coefficient (Wildman–Crippen LogP) is 3.46. The lowest BCUT2D eigenvalue weighted by molar-refractivity contribution is -0.118. The number of aryl methyl sites for hydroxylation is 1. The molecule has 1 fully saturated rings. The van der Waals surface area contributed by atoms with Crippen LogP contribution in [0.25, 0.3) is 0 Å². The van der Waals surface area contributed by atoms with Crippen LogP contribution in [-0.2, 0) is 11.2 Å². The molecule has 0 atom stereocenters. The van der Waals surface area contributed by atoms with Crippen molar-refractivity contribution in [1.82, 2.24) is 10.6 Å². The van der Waals surface area contributed by atoms with Crippen LogP contribution in [0.15, 0.2) is 42.1 Å². The Morgan fingerprint density at radius 3 is 2.62 bits per heavy atom. The summed E-state index contributed by atoms with van der Waals surface area (Å²) in [5.41, 5.74) is 1.52. The molecule has 2 rings (SSSR count). The van der Waals surface area contributed by atoms with Crippen molar-refractivity contribution in [2.24, 2.45) is 0 Å². The lowest BCUT2D eigenvalue weighted by Crippen LogP contribution is -2.37. The molecule has 1 aliphatic rings. The Hall–Kier alpha value is -2.28. The molecule has 1 aromatic rings. The molecule has 0 aliphatic heterocycles. The van der Waals surface area contributed by atoms with Crippen LogP contribution in [-0.4, -0.2) is 18.5 Å². The maximum Gasteiger partial charge on any atom is 0.263 e. The van der Waals surface area contributed by atoms with E-state index in [1.165, 1.54) is 12.0 Å². The van der Waals surface area contributed by atoms with Crippen molar-refractivity contribution >= 4 is 5.91 Å². The van der Waals surface area contributed by atoms with Crippen molar-refractivity contribution in [2.75, 3.05) is 6.54 Å². The highest BCUT2D eigenvalue weighted by molar-refractivity contribution is 5.97. The Bertz CT molecular complexity index is 568. The van der Waals surface area contributed by atoms with Crippen molar-refractivity contribution in [1.29, 1.82) is 5.26 Å². The van der Waals surface area contributed by atoms with Gasteiger partial charge >= 0.3 is 0 Å². The largest absolute Gasteiger partial charge is 0.390 e. The zero-order valence-corrected chi connectivity index (χ0v) is 14.3. The van der Waals surface area contributed by atoms with Crippen molar-refractivity contribution in [3.63, 3.8) is 0 Å². The van der Waals surface area contributed by atoms with Gasteiger partial charge in [-0.1, -0.05) is 49.6 Å². The van der Waals surface area contributed by atoms with E-state index in [9.17, 15) is 4.79 Å². The van der Waals surface area contributed by atoms with Crippen LogP contribution in [0.4, 0.5) is 0 Å². The summed E-state index contributed by atoms with van der Waals surface area (Å²) >= 11 is 0. The Balaban J connectivity index is 1.65. The van der Waals surface area contributed by atoms with E-state index >= 15 is 0 Å².